The number of carbonyl (C=O) groups is 1. The number of nitrogens with one attached hydrogen (secondary N) is 1. The van der Waals surface area contributed by atoms with Gasteiger partial charge in [0.25, 0.3) is 5.91 Å². The Morgan fingerprint density at radius 1 is 1.36 bits per heavy atom. The SMILES string of the molecule is CC1(c2ncc(CNC(=O)c3ccno3)cn2)CCCCO1. The minimum absolute atomic E-state index is 0.181. The predicted molar refractivity (Wildman–Crippen MR) is 76.9 cm³/mol. The first-order valence-electron chi connectivity index (χ1n) is 7.32. The van der Waals surface area contributed by atoms with Crippen molar-refractivity contribution in [2.24, 2.45) is 0 Å². The molecule has 0 radical (unpaired) electrons. The van der Waals surface area contributed by atoms with E-state index in [2.05, 4.69) is 20.4 Å². The van der Waals surface area contributed by atoms with Crippen molar-refractivity contribution in [3.63, 3.8) is 0 Å². The van der Waals surface area contributed by atoms with Gasteiger partial charge in [0.2, 0.25) is 5.76 Å². The second kappa shape index (κ2) is 6.23. The number of rotatable bonds is 4. The minimum atomic E-state index is -0.403. The zero-order valence-corrected chi connectivity index (χ0v) is 12.4. The molecule has 3 rings (SSSR count). The highest BCUT2D eigenvalue weighted by atomic mass is 16.5. The van der Waals surface area contributed by atoms with Gasteiger partial charge in [-0.05, 0) is 26.2 Å². The van der Waals surface area contributed by atoms with Crippen LogP contribution in [0.2, 0.25) is 0 Å². The van der Waals surface area contributed by atoms with Gasteiger partial charge in [-0.15, -0.1) is 0 Å². The number of nitrogens with zero attached hydrogens (tertiary/aromatic N) is 3. The molecular formula is C15H18N4O3. The van der Waals surface area contributed by atoms with Crippen LogP contribution in [-0.2, 0) is 16.9 Å². The summed E-state index contributed by atoms with van der Waals surface area (Å²) in [6.45, 7) is 3.10. The van der Waals surface area contributed by atoms with Crippen LogP contribution in [-0.4, -0.2) is 27.6 Å². The molecule has 0 spiro atoms. The second-order valence-corrected chi connectivity index (χ2v) is 5.51. The van der Waals surface area contributed by atoms with E-state index in [0.717, 1.165) is 31.4 Å². The van der Waals surface area contributed by atoms with Gasteiger partial charge in [0.05, 0.1) is 6.20 Å². The average Bonchev–Trinajstić information content (AvgIpc) is 3.08. The highest BCUT2D eigenvalue weighted by Gasteiger charge is 2.32. The lowest BCUT2D eigenvalue weighted by Gasteiger charge is -2.32. The molecule has 1 aliphatic rings. The molecule has 1 unspecified atom stereocenters. The summed E-state index contributed by atoms with van der Waals surface area (Å²) in [5.74, 6) is 0.558. The maximum Gasteiger partial charge on any atom is 0.290 e. The Morgan fingerprint density at radius 2 is 2.18 bits per heavy atom. The molecule has 116 valence electrons. The van der Waals surface area contributed by atoms with E-state index in [1.54, 1.807) is 12.4 Å². The normalized spacial score (nSPS) is 21.5. The molecule has 0 bridgehead atoms. The van der Waals surface area contributed by atoms with Crippen LogP contribution in [0.4, 0.5) is 0 Å². The van der Waals surface area contributed by atoms with Gasteiger partial charge < -0.3 is 14.6 Å². The summed E-state index contributed by atoms with van der Waals surface area (Å²) in [5, 5.41) is 6.22. The van der Waals surface area contributed by atoms with Gasteiger partial charge in [-0.25, -0.2) is 9.97 Å². The summed E-state index contributed by atoms with van der Waals surface area (Å²) >= 11 is 0. The van der Waals surface area contributed by atoms with Gasteiger partial charge in [-0.3, -0.25) is 4.79 Å². The van der Waals surface area contributed by atoms with Crippen molar-refractivity contribution in [2.75, 3.05) is 6.61 Å². The maximum atomic E-state index is 11.7. The van der Waals surface area contributed by atoms with Crippen molar-refractivity contribution in [1.82, 2.24) is 20.4 Å². The van der Waals surface area contributed by atoms with E-state index in [1.165, 1.54) is 12.3 Å². The lowest BCUT2D eigenvalue weighted by atomic mass is 9.95. The van der Waals surface area contributed by atoms with Gasteiger partial charge in [0.1, 0.15) is 5.60 Å². The fourth-order valence-corrected chi connectivity index (χ4v) is 2.43. The summed E-state index contributed by atoms with van der Waals surface area (Å²) < 4.78 is 10.6. The maximum absolute atomic E-state index is 11.7. The topological polar surface area (TPSA) is 90.1 Å². The zero-order valence-electron chi connectivity index (χ0n) is 12.4. The molecule has 1 amide bonds. The van der Waals surface area contributed by atoms with E-state index >= 15 is 0 Å². The standard InChI is InChI=1S/C15H18N4O3/c1-15(5-2-3-7-21-15)14-17-9-11(10-18-14)8-16-13(20)12-4-6-19-22-12/h4,6,9-10H,2-3,5,7-8H2,1H3,(H,16,20). The van der Waals surface area contributed by atoms with Crippen molar-refractivity contribution < 1.29 is 14.1 Å². The Morgan fingerprint density at radius 3 is 2.82 bits per heavy atom. The van der Waals surface area contributed by atoms with E-state index < -0.39 is 5.60 Å². The number of hydrogen-bond donors (Lipinski definition) is 1. The van der Waals surface area contributed by atoms with Crippen LogP contribution in [0, 0.1) is 0 Å². The van der Waals surface area contributed by atoms with Crippen LogP contribution in [0.15, 0.2) is 29.2 Å². The van der Waals surface area contributed by atoms with E-state index in [0.29, 0.717) is 12.4 Å². The van der Waals surface area contributed by atoms with Crippen molar-refractivity contribution >= 4 is 5.91 Å². The molecule has 2 aromatic rings. The Kier molecular flexibility index (Phi) is 4.15. The molecule has 2 aromatic heterocycles. The summed E-state index contributed by atoms with van der Waals surface area (Å²) in [6, 6.07) is 1.51. The van der Waals surface area contributed by atoms with Crippen LogP contribution in [0.1, 0.15) is 48.1 Å². The molecule has 3 heterocycles. The lowest BCUT2D eigenvalue weighted by Crippen LogP contribution is -2.32. The molecular weight excluding hydrogens is 284 g/mol. The molecule has 7 heteroatoms. The summed E-state index contributed by atoms with van der Waals surface area (Å²) in [4.78, 5) is 20.5. The predicted octanol–water partition coefficient (Wildman–Crippen LogP) is 1.81. The first-order chi connectivity index (χ1) is 10.7. The third kappa shape index (κ3) is 3.14. The smallest absolute Gasteiger partial charge is 0.290 e. The molecule has 1 fully saturated rings. The monoisotopic (exact) mass is 302 g/mol. The number of amides is 1. The Hall–Kier alpha value is -2.28. The quantitative estimate of drug-likeness (QED) is 0.926. The van der Waals surface area contributed by atoms with E-state index in [1.807, 2.05) is 6.92 Å². The van der Waals surface area contributed by atoms with Gasteiger partial charge in [-0.1, -0.05) is 5.16 Å². The van der Waals surface area contributed by atoms with E-state index in [-0.39, 0.29) is 11.7 Å². The van der Waals surface area contributed by atoms with Gasteiger partial charge in [-0.2, -0.15) is 0 Å². The summed E-state index contributed by atoms with van der Waals surface area (Å²) in [6.07, 6.45) is 7.99. The van der Waals surface area contributed by atoms with Crippen LogP contribution < -0.4 is 5.32 Å². The molecule has 0 aromatic carbocycles. The van der Waals surface area contributed by atoms with Crippen molar-refractivity contribution in [1.29, 1.82) is 0 Å². The largest absolute Gasteiger partial charge is 0.367 e. The number of hydrogen-bond acceptors (Lipinski definition) is 6. The van der Waals surface area contributed by atoms with Crippen LogP contribution in [0.3, 0.4) is 0 Å². The molecule has 7 nitrogen and oxygen atoms in total. The Balaban J connectivity index is 1.61. The van der Waals surface area contributed by atoms with Gasteiger partial charge in [0.15, 0.2) is 5.82 Å². The van der Waals surface area contributed by atoms with Crippen LogP contribution >= 0.6 is 0 Å². The fourth-order valence-electron chi connectivity index (χ4n) is 2.43. The third-order valence-corrected chi connectivity index (χ3v) is 3.76. The molecule has 0 aliphatic carbocycles. The number of aromatic nitrogens is 3. The highest BCUT2D eigenvalue weighted by molar-refractivity contribution is 5.91. The summed E-state index contributed by atoms with van der Waals surface area (Å²) in [7, 11) is 0. The fraction of sp³-hybridized carbons (Fsp3) is 0.467. The van der Waals surface area contributed by atoms with E-state index in [9.17, 15) is 4.79 Å². The summed E-state index contributed by atoms with van der Waals surface area (Å²) in [5.41, 5.74) is 0.413. The lowest BCUT2D eigenvalue weighted by molar-refractivity contribution is -0.0760. The van der Waals surface area contributed by atoms with Crippen molar-refractivity contribution in [3.8, 4) is 0 Å². The zero-order chi connectivity index (χ0) is 15.4. The van der Waals surface area contributed by atoms with Gasteiger partial charge >= 0.3 is 0 Å². The molecule has 1 saturated heterocycles. The average molecular weight is 302 g/mol. The van der Waals surface area contributed by atoms with Crippen LogP contribution in [0.25, 0.3) is 0 Å². The molecule has 1 N–H and O–H groups in total. The number of carbonyl (C=O) groups excluding carboxylic acids is 1. The second-order valence-electron chi connectivity index (χ2n) is 5.51. The van der Waals surface area contributed by atoms with Gasteiger partial charge in [0, 0.05) is 37.2 Å². The number of ether oxygens (including phenoxy) is 1. The Labute approximate surface area is 128 Å². The molecule has 1 aliphatic heterocycles. The molecule has 1 atom stereocenters. The third-order valence-electron chi connectivity index (χ3n) is 3.76. The van der Waals surface area contributed by atoms with Crippen molar-refractivity contribution in [2.45, 2.75) is 38.3 Å². The van der Waals surface area contributed by atoms with Crippen LogP contribution in [0.5, 0.6) is 0 Å². The Bertz CT molecular complexity index is 619. The van der Waals surface area contributed by atoms with Crippen molar-refractivity contribution in [3.05, 3.63) is 41.8 Å². The first-order valence-corrected chi connectivity index (χ1v) is 7.32. The molecule has 22 heavy (non-hydrogen) atoms. The van der Waals surface area contributed by atoms with E-state index in [4.69, 9.17) is 9.26 Å². The first kappa shape index (κ1) is 14.6. The molecule has 0 saturated carbocycles. The minimum Gasteiger partial charge on any atom is -0.367 e. The highest BCUT2D eigenvalue weighted by Crippen LogP contribution is 2.32.